The maximum absolute atomic E-state index is 13.3. The predicted octanol–water partition coefficient (Wildman–Crippen LogP) is 3.97. The number of rotatable bonds is 6. The Hall–Kier alpha value is -5.05. The smallest absolute Gasteiger partial charge is 0.314 e. The zero-order chi connectivity index (χ0) is 33.1. The Labute approximate surface area is 267 Å². The number of carbonyl (C=O) groups is 3. The quantitative estimate of drug-likeness (QED) is 0.327. The zero-order valence-electron chi connectivity index (χ0n) is 26.9. The van der Waals surface area contributed by atoms with Crippen LogP contribution >= 0.6 is 0 Å². The number of fused-ring (bicyclic) bond motifs is 9. The number of hydrogen-bond acceptors (Lipinski definition) is 7. The van der Waals surface area contributed by atoms with Gasteiger partial charge in [0.05, 0.1) is 41.4 Å². The van der Waals surface area contributed by atoms with Gasteiger partial charge in [0.15, 0.2) is 0 Å². The lowest BCUT2D eigenvalue weighted by Crippen LogP contribution is -2.42. The van der Waals surface area contributed by atoms with E-state index in [-0.39, 0.29) is 18.4 Å². The molecule has 0 radical (unpaired) electrons. The zero-order valence-corrected chi connectivity index (χ0v) is 26.9. The van der Waals surface area contributed by atoms with Crippen LogP contribution in [0.25, 0.3) is 12.2 Å². The number of ether oxygens (including phenoxy) is 1. The number of allylic oxidation sites excluding steroid dienone is 7. The monoisotopic (exact) mass is 618 g/mol. The average molecular weight is 619 g/mol. The van der Waals surface area contributed by atoms with Gasteiger partial charge in [-0.15, -0.1) is 0 Å². The van der Waals surface area contributed by atoms with E-state index in [1.165, 1.54) is 7.11 Å². The topological polar surface area (TPSA) is 133 Å². The highest BCUT2D eigenvalue weighted by molar-refractivity contribution is 6.21. The maximum atomic E-state index is 13.3. The van der Waals surface area contributed by atoms with Crippen LogP contribution in [0.5, 0.6) is 0 Å². The van der Waals surface area contributed by atoms with Crippen molar-refractivity contribution in [3.8, 4) is 0 Å². The number of esters is 1. The molecule has 0 spiro atoms. The van der Waals surface area contributed by atoms with Crippen LogP contribution in [0, 0.1) is 31.1 Å². The second-order valence-corrected chi connectivity index (χ2v) is 12.6. The second kappa shape index (κ2) is 11.4. The number of nitrogens with zero attached hydrogens (tertiary/aromatic N) is 2. The van der Waals surface area contributed by atoms with Crippen molar-refractivity contribution in [2.45, 2.75) is 53.5 Å². The van der Waals surface area contributed by atoms with Crippen molar-refractivity contribution >= 4 is 41.8 Å². The largest absolute Gasteiger partial charge is 0.481 e. The van der Waals surface area contributed by atoms with Gasteiger partial charge in [0.1, 0.15) is 12.2 Å². The lowest BCUT2D eigenvalue weighted by atomic mass is 9.63. The van der Waals surface area contributed by atoms with Gasteiger partial charge in [-0.05, 0) is 86.3 Å². The van der Waals surface area contributed by atoms with Crippen molar-refractivity contribution < 1.29 is 24.2 Å². The number of nitrogens with one attached hydrogen (secondary N) is 2. The molecule has 1 aromatic rings. The third kappa shape index (κ3) is 4.73. The standard InChI is InChI=1S/C37H38N4O5/c1-8-23-20(4)28-15-32-25-11-9-22(17-42)35(36(45)46-7)37(25,6)33(41-32)16-29-19(3)18(2)26(38-29)13-31-24(10-12-34(43)44)21(5)27(40-31)14-30(23)39-28/h8-9,11,13-17,21,27,35,38,40H,1,10,12H2,2-7H3,(H,43,44)/b26-13-,29-16-,30-14-,32-15-/t21?,27?,35-,37+/m0/s1. The van der Waals surface area contributed by atoms with E-state index >= 15 is 0 Å². The van der Waals surface area contributed by atoms with Crippen LogP contribution in [-0.2, 0) is 19.1 Å². The lowest BCUT2D eigenvalue weighted by Gasteiger charge is -2.36. The van der Waals surface area contributed by atoms with Crippen molar-refractivity contribution in [3.63, 3.8) is 0 Å². The van der Waals surface area contributed by atoms with Gasteiger partial charge in [0, 0.05) is 39.9 Å². The van der Waals surface area contributed by atoms with Crippen LogP contribution in [0.3, 0.4) is 0 Å². The number of methoxy groups -OCH3 is 1. The average Bonchev–Trinajstić information content (AvgIpc) is 3.67. The summed E-state index contributed by atoms with van der Waals surface area (Å²) in [4.78, 5) is 50.9. The van der Waals surface area contributed by atoms with Crippen LogP contribution in [0.1, 0.15) is 44.7 Å². The van der Waals surface area contributed by atoms with E-state index in [2.05, 4.69) is 36.0 Å². The van der Waals surface area contributed by atoms with Crippen molar-refractivity contribution in [2.24, 2.45) is 27.2 Å². The summed E-state index contributed by atoms with van der Waals surface area (Å²) in [6.07, 6.45) is 14.5. The molecule has 1 aromatic heterocycles. The molecule has 0 aromatic carbocycles. The highest BCUT2D eigenvalue weighted by atomic mass is 16.5. The molecule has 1 aliphatic carbocycles. The molecule has 0 saturated carbocycles. The summed E-state index contributed by atoms with van der Waals surface area (Å²) in [6.45, 7) is 14.2. The summed E-state index contributed by atoms with van der Waals surface area (Å²) >= 11 is 0. The summed E-state index contributed by atoms with van der Waals surface area (Å²) in [5.41, 5.74) is 8.70. The highest BCUT2D eigenvalue weighted by Crippen LogP contribution is 2.52. The first kappa shape index (κ1) is 31.0. The van der Waals surface area contributed by atoms with Crippen molar-refractivity contribution in [2.75, 3.05) is 7.11 Å². The molecule has 2 unspecified atom stereocenters. The molecule has 46 heavy (non-hydrogen) atoms. The van der Waals surface area contributed by atoms with Crippen molar-refractivity contribution in [3.05, 3.63) is 104 Å². The molecule has 0 saturated heterocycles. The summed E-state index contributed by atoms with van der Waals surface area (Å²) in [5, 5.41) is 14.9. The maximum Gasteiger partial charge on any atom is 0.314 e. The number of aliphatic carboxylic acids is 1. The number of aldehydes is 1. The summed E-state index contributed by atoms with van der Waals surface area (Å²) in [7, 11) is 1.33. The molecule has 6 rings (SSSR count). The van der Waals surface area contributed by atoms with Crippen LogP contribution < -0.4 is 16.0 Å². The third-order valence-corrected chi connectivity index (χ3v) is 10.2. The molecule has 236 valence electrons. The first-order valence-electron chi connectivity index (χ1n) is 15.4. The molecule has 9 heteroatoms. The van der Waals surface area contributed by atoms with Gasteiger partial charge >= 0.3 is 11.9 Å². The Morgan fingerprint density at radius 1 is 1.09 bits per heavy atom. The molecule has 4 aliphatic heterocycles. The number of carboxylic acids is 1. The van der Waals surface area contributed by atoms with E-state index < -0.39 is 23.3 Å². The number of carboxylic acid groups (broad SMARTS) is 1. The summed E-state index contributed by atoms with van der Waals surface area (Å²) in [5.74, 6) is -2.22. The van der Waals surface area contributed by atoms with Crippen LogP contribution in [0.15, 0.2) is 91.9 Å². The van der Waals surface area contributed by atoms with E-state index in [4.69, 9.17) is 14.7 Å². The Morgan fingerprint density at radius 2 is 1.80 bits per heavy atom. The number of aliphatic imine (C=N–C) groups is 2. The summed E-state index contributed by atoms with van der Waals surface area (Å²) < 4.78 is 5.24. The van der Waals surface area contributed by atoms with Crippen LogP contribution in [0.2, 0.25) is 0 Å². The Balaban J connectivity index is 1.67. The third-order valence-electron chi connectivity index (χ3n) is 10.2. The molecule has 0 amide bonds. The van der Waals surface area contributed by atoms with Crippen LogP contribution in [0.4, 0.5) is 0 Å². The number of aromatic amines is 1. The molecule has 8 bridgehead atoms. The second-order valence-electron chi connectivity index (χ2n) is 12.6. The van der Waals surface area contributed by atoms with E-state index in [1.807, 2.05) is 45.9 Å². The molecular weight excluding hydrogens is 580 g/mol. The van der Waals surface area contributed by atoms with Gasteiger partial charge < -0.3 is 20.1 Å². The minimum atomic E-state index is -0.994. The van der Waals surface area contributed by atoms with Crippen molar-refractivity contribution in [1.82, 2.24) is 10.3 Å². The number of hydrogen-bond donors (Lipinski definition) is 3. The Bertz CT molecular complexity index is 2010. The SMILES string of the molecule is C=CC1=C(C)C2=NC/1=C\C1NC(=C(CCC(=O)O)C1C)/C=c1\[nH]/c(c(C)c1C)=C\C1=NC(=C\2)/C2=CC=C(C=O)[C@@H](C(=O)OC)[C@]21C. The van der Waals surface area contributed by atoms with E-state index in [1.54, 1.807) is 12.2 Å². The minimum Gasteiger partial charge on any atom is -0.481 e. The fraction of sp³-hybridized carbons (Fsp3) is 0.324. The van der Waals surface area contributed by atoms with Gasteiger partial charge in [0.25, 0.3) is 0 Å². The van der Waals surface area contributed by atoms with Crippen molar-refractivity contribution in [1.29, 1.82) is 0 Å². The predicted molar refractivity (Wildman–Crippen MR) is 178 cm³/mol. The fourth-order valence-electron chi connectivity index (χ4n) is 7.29. The van der Waals surface area contributed by atoms with Gasteiger partial charge in [-0.1, -0.05) is 31.7 Å². The highest BCUT2D eigenvalue weighted by Gasteiger charge is 2.53. The Kier molecular flexibility index (Phi) is 7.66. The molecular formula is C37H38N4O5. The van der Waals surface area contributed by atoms with Gasteiger partial charge in [-0.25, -0.2) is 4.99 Å². The van der Waals surface area contributed by atoms with Gasteiger partial charge in [-0.3, -0.25) is 19.4 Å². The van der Waals surface area contributed by atoms with E-state index in [0.29, 0.717) is 29.7 Å². The minimum absolute atomic E-state index is 0.0311. The van der Waals surface area contributed by atoms with Crippen LogP contribution in [-0.4, -0.2) is 52.9 Å². The molecule has 0 fully saturated rings. The number of carbonyl (C=O) groups excluding carboxylic acids is 2. The molecule has 5 aliphatic rings. The van der Waals surface area contributed by atoms with Gasteiger partial charge in [0.2, 0.25) is 0 Å². The molecule has 3 N–H and O–H groups in total. The summed E-state index contributed by atoms with van der Waals surface area (Å²) in [6, 6.07) is -0.119. The van der Waals surface area contributed by atoms with Gasteiger partial charge in [-0.2, -0.15) is 0 Å². The number of H-pyrrole nitrogens is 1. The molecule has 4 atom stereocenters. The fourth-order valence-corrected chi connectivity index (χ4v) is 7.29. The molecule has 9 nitrogen and oxygen atoms in total. The van der Waals surface area contributed by atoms with E-state index in [9.17, 15) is 19.5 Å². The first-order valence-corrected chi connectivity index (χ1v) is 15.4. The molecule has 5 heterocycles. The first-order chi connectivity index (χ1) is 21.9. The normalized spacial score (nSPS) is 30.1. The van der Waals surface area contributed by atoms with E-state index in [0.717, 1.165) is 61.2 Å². The number of aromatic nitrogens is 1. The lowest BCUT2D eigenvalue weighted by molar-refractivity contribution is -0.146. The Morgan fingerprint density at radius 3 is 2.46 bits per heavy atom.